The Balaban J connectivity index is 1.91. The molecule has 1 aliphatic carbocycles. The molecule has 3 atom stereocenters. The van der Waals surface area contributed by atoms with Gasteiger partial charge in [-0.05, 0) is 45.1 Å². The van der Waals surface area contributed by atoms with Gasteiger partial charge < -0.3 is 14.8 Å². The Hall–Kier alpha value is -0.610. The van der Waals surface area contributed by atoms with E-state index in [1.165, 1.54) is 0 Å². The van der Waals surface area contributed by atoms with Crippen molar-refractivity contribution in [1.29, 1.82) is 0 Å². The Morgan fingerprint density at radius 3 is 2.74 bits per heavy atom. The van der Waals surface area contributed by atoms with Crippen LogP contribution in [0, 0.1) is 5.41 Å². The van der Waals surface area contributed by atoms with Crippen LogP contribution >= 0.6 is 0 Å². The number of hydrogen-bond donors (Lipinski definition) is 1. The number of hydrogen-bond acceptors (Lipinski definition) is 4. The van der Waals surface area contributed by atoms with Crippen molar-refractivity contribution in [1.82, 2.24) is 5.32 Å². The standard InChI is InChI=1S/C15H27NO3/c1-3-15(8-5-9-16-11-15)14(17)19-13-7-4-6-12(10-13)18-2/h12-13,16H,3-11H2,1-2H3. The summed E-state index contributed by atoms with van der Waals surface area (Å²) in [6.45, 7) is 3.88. The van der Waals surface area contributed by atoms with Gasteiger partial charge in [-0.2, -0.15) is 0 Å². The zero-order valence-corrected chi connectivity index (χ0v) is 12.2. The molecule has 2 rings (SSSR count). The average molecular weight is 269 g/mol. The summed E-state index contributed by atoms with van der Waals surface area (Å²) in [4.78, 5) is 12.5. The lowest BCUT2D eigenvalue weighted by Crippen LogP contribution is -2.47. The van der Waals surface area contributed by atoms with E-state index >= 15 is 0 Å². The summed E-state index contributed by atoms with van der Waals surface area (Å²) in [5.41, 5.74) is -0.293. The molecule has 2 fully saturated rings. The third-order valence-corrected chi connectivity index (χ3v) is 4.77. The maximum Gasteiger partial charge on any atom is 0.313 e. The van der Waals surface area contributed by atoms with Gasteiger partial charge in [-0.25, -0.2) is 0 Å². The molecule has 0 spiro atoms. The van der Waals surface area contributed by atoms with E-state index in [1.54, 1.807) is 7.11 Å². The van der Waals surface area contributed by atoms with E-state index in [0.717, 1.165) is 58.0 Å². The summed E-state index contributed by atoms with van der Waals surface area (Å²) >= 11 is 0. The highest BCUT2D eigenvalue weighted by molar-refractivity contribution is 5.77. The van der Waals surface area contributed by atoms with E-state index < -0.39 is 0 Å². The largest absolute Gasteiger partial charge is 0.462 e. The summed E-state index contributed by atoms with van der Waals surface area (Å²) in [6.07, 6.45) is 7.21. The number of methoxy groups -OCH3 is 1. The van der Waals surface area contributed by atoms with E-state index in [2.05, 4.69) is 12.2 Å². The van der Waals surface area contributed by atoms with E-state index in [4.69, 9.17) is 9.47 Å². The zero-order valence-electron chi connectivity index (χ0n) is 12.2. The maximum absolute atomic E-state index is 12.5. The first-order valence-corrected chi connectivity index (χ1v) is 7.65. The van der Waals surface area contributed by atoms with Crippen LogP contribution in [-0.2, 0) is 14.3 Å². The lowest BCUT2D eigenvalue weighted by atomic mass is 9.78. The molecule has 4 nitrogen and oxygen atoms in total. The van der Waals surface area contributed by atoms with Crippen LogP contribution in [0.3, 0.4) is 0 Å². The van der Waals surface area contributed by atoms with Gasteiger partial charge in [0.05, 0.1) is 11.5 Å². The van der Waals surface area contributed by atoms with Gasteiger partial charge in [0.2, 0.25) is 0 Å². The normalized spacial score (nSPS) is 35.9. The molecule has 0 aromatic rings. The molecule has 1 saturated carbocycles. The molecular formula is C15H27NO3. The smallest absolute Gasteiger partial charge is 0.313 e. The summed E-state index contributed by atoms with van der Waals surface area (Å²) in [6, 6.07) is 0. The molecular weight excluding hydrogens is 242 g/mol. The molecule has 0 amide bonds. The molecule has 1 saturated heterocycles. The first kappa shape index (κ1) is 14.8. The van der Waals surface area contributed by atoms with Crippen molar-refractivity contribution in [2.24, 2.45) is 5.41 Å². The SMILES string of the molecule is CCC1(C(=O)OC2CCCC(OC)C2)CCCNC1. The third-order valence-electron chi connectivity index (χ3n) is 4.77. The van der Waals surface area contributed by atoms with Gasteiger partial charge in [0.25, 0.3) is 0 Å². The molecule has 1 aliphatic heterocycles. The van der Waals surface area contributed by atoms with Crippen LogP contribution in [0.4, 0.5) is 0 Å². The van der Waals surface area contributed by atoms with Crippen LogP contribution < -0.4 is 5.32 Å². The molecule has 0 bridgehead atoms. The number of carbonyl (C=O) groups is 1. The predicted octanol–water partition coefficient (Wildman–Crippen LogP) is 2.27. The minimum absolute atomic E-state index is 0.00366. The monoisotopic (exact) mass is 269 g/mol. The highest BCUT2D eigenvalue weighted by Crippen LogP contribution is 2.33. The Morgan fingerprint density at radius 1 is 1.32 bits per heavy atom. The number of esters is 1. The number of rotatable bonds is 4. The Bertz CT molecular complexity index is 300. The zero-order chi connectivity index (χ0) is 13.7. The van der Waals surface area contributed by atoms with Crippen molar-refractivity contribution in [2.75, 3.05) is 20.2 Å². The number of ether oxygens (including phenoxy) is 2. The van der Waals surface area contributed by atoms with E-state index in [0.29, 0.717) is 0 Å². The summed E-state index contributed by atoms with van der Waals surface area (Å²) in [7, 11) is 1.74. The van der Waals surface area contributed by atoms with Gasteiger partial charge in [-0.1, -0.05) is 6.92 Å². The van der Waals surface area contributed by atoms with Crippen LogP contribution in [0.2, 0.25) is 0 Å². The summed E-state index contributed by atoms with van der Waals surface area (Å²) in [5.74, 6) is 0.00366. The van der Waals surface area contributed by atoms with Crippen LogP contribution in [0.15, 0.2) is 0 Å². The molecule has 1 N–H and O–H groups in total. The van der Waals surface area contributed by atoms with Gasteiger partial charge in [-0.3, -0.25) is 4.79 Å². The van der Waals surface area contributed by atoms with Crippen molar-refractivity contribution >= 4 is 5.97 Å². The molecule has 19 heavy (non-hydrogen) atoms. The minimum atomic E-state index is -0.293. The minimum Gasteiger partial charge on any atom is -0.462 e. The quantitative estimate of drug-likeness (QED) is 0.795. The fourth-order valence-corrected chi connectivity index (χ4v) is 3.29. The first-order valence-electron chi connectivity index (χ1n) is 7.65. The molecule has 0 aromatic heterocycles. The molecule has 1 heterocycles. The van der Waals surface area contributed by atoms with Crippen molar-refractivity contribution in [3.63, 3.8) is 0 Å². The number of carbonyl (C=O) groups excluding carboxylic acids is 1. The van der Waals surface area contributed by atoms with E-state index in [1.807, 2.05) is 0 Å². The molecule has 4 heteroatoms. The van der Waals surface area contributed by atoms with Crippen molar-refractivity contribution in [3.05, 3.63) is 0 Å². The van der Waals surface area contributed by atoms with Crippen molar-refractivity contribution in [2.45, 2.75) is 64.1 Å². The van der Waals surface area contributed by atoms with E-state index in [-0.39, 0.29) is 23.6 Å². The molecule has 0 aromatic carbocycles. The lowest BCUT2D eigenvalue weighted by Gasteiger charge is -2.37. The van der Waals surface area contributed by atoms with Crippen LogP contribution in [-0.4, -0.2) is 38.4 Å². The number of piperidine rings is 1. The van der Waals surface area contributed by atoms with Crippen molar-refractivity contribution in [3.8, 4) is 0 Å². The van der Waals surface area contributed by atoms with Gasteiger partial charge in [0.1, 0.15) is 6.10 Å². The molecule has 0 radical (unpaired) electrons. The Labute approximate surface area is 116 Å². The maximum atomic E-state index is 12.5. The lowest BCUT2D eigenvalue weighted by molar-refractivity contribution is -0.166. The van der Waals surface area contributed by atoms with Crippen molar-refractivity contribution < 1.29 is 14.3 Å². The molecule has 2 aliphatic rings. The molecule has 3 unspecified atom stereocenters. The highest BCUT2D eigenvalue weighted by atomic mass is 16.5. The van der Waals surface area contributed by atoms with Gasteiger partial charge in [-0.15, -0.1) is 0 Å². The van der Waals surface area contributed by atoms with Gasteiger partial charge in [0, 0.05) is 20.1 Å². The summed E-state index contributed by atoms with van der Waals surface area (Å²) in [5, 5.41) is 3.34. The van der Waals surface area contributed by atoms with E-state index in [9.17, 15) is 4.79 Å². The fraction of sp³-hybridized carbons (Fsp3) is 0.933. The second-order valence-electron chi connectivity index (χ2n) is 5.97. The summed E-state index contributed by atoms with van der Waals surface area (Å²) < 4.78 is 11.2. The predicted molar refractivity (Wildman–Crippen MR) is 74.0 cm³/mol. The Kier molecular flexibility index (Phi) is 5.22. The van der Waals surface area contributed by atoms with Crippen LogP contribution in [0.1, 0.15) is 51.9 Å². The van der Waals surface area contributed by atoms with Crippen LogP contribution in [0.5, 0.6) is 0 Å². The van der Waals surface area contributed by atoms with Gasteiger partial charge in [0.15, 0.2) is 0 Å². The first-order chi connectivity index (χ1) is 9.20. The average Bonchev–Trinajstić information content (AvgIpc) is 2.48. The fourth-order valence-electron chi connectivity index (χ4n) is 3.29. The third kappa shape index (κ3) is 3.48. The Morgan fingerprint density at radius 2 is 2.11 bits per heavy atom. The topological polar surface area (TPSA) is 47.6 Å². The van der Waals surface area contributed by atoms with Gasteiger partial charge >= 0.3 is 5.97 Å². The number of nitrogens with one attached hydrogen (secondary N) is 1. The van der Waals surface area contributed by atoms with Crippen LogP contribution in [0.25, 0.3) is 0 Å². The molecule has 110 valence electrons. The second kappa shape index (κ2) is 6.71. The second-order valence-corrected chi connectivity index (χ2v) is 5.97. The highest BCUT2D eigenvalue weighted by Gasteiger charge is 2.40.